The van der Waals surface area contributed by atoms with Gasteiger partial charge in [0.25, 0.3) is 5.91 Å². The summed E-state index contributed by atoms with van der Waals surface area (Å²) in [5.41, 5.74) is 0.405. The van der Waals surface area contributed by atoms with Crippen LogP contribution in [0.1, 0.15) is 17.3 Å². The summed E-state index contributed by atoms with van der Waals surface area (Å²) in [5.74, 6) is 0.987. The molecule has 0 bridgehead atoms. The van der Waals surface area contributed by atoms with Crippen LogP contribution in [0, 0.1) is 0 Å². The van der Waals surface area contributed by atoms with Gasteiger partial charge in [-0.1, -0.05) is 37.3 Å². The van der Waals surface area contributed by atoms with Gasteiger partial charge in [-0.3, -0.25) is 4.79 Å². The zero-order chi connectivity index (χ0) is 14.1. The predicted octanol–water partition coefficient (Wildman–Crippen LogP) is 3.12. The van der Waals surface area contributed by atoms with Crippen molar-refractivity contribution in [1.82, 2.24) is 4.90 Å². The largest absolute Gasteiger partial charge is 0.506 e. The number of thioether (sulfide) groups is 1. The van der Waals surface area contributed by atoms with Gasteiger partial charge >= 0.3 is 0 Å². The number of aromatic hydroxyl groups is 1. The lowest BCUT2D eigenvalue weighted by Crippen LogP contribution is -2.41. The quantitative estimate of drug-likeness (QED) is 0.876. The number of fused-ring (bicyclic) bond motifs is 1. The molecule has 4 heteroatoms. The SMILES string of the molecule is CC1CN(C(=O)c2ccc3ccccc3c2O)CCS1. The van der Waals surface area contributed by atoms with Crippen molar-refractivity contribution in [3.8, 4) is 5.75 Å². The highest BCUT2D eigenvalue weighted by atomic mass is 32.2. The average Bonchev–Trinajstić information content (AvgIpc) is 2.47. The van der Waals surface area contributed by atoms with Crippen LogP contribution >= 0.6 is 11.8 Å². The van der Waals surface area contributed by atoms with Crippen LogP contribution in [-0.4, -0.2) is 40.0 Å². The number of carbonyl (C=O) groups is 1. The number of amides is 1. The minimum Gasteiger partial charge on any atom is -0.506 e. The van der Waals surface area contributed by atoms with E-state index in [-0.39, 0.29) is 11.7 Å². The van der Waals surface area contributed by atoms with Crippen molar-refractivity contribution in [2.45, 2.75) is 12.2 Å². The Morgan fingerprint density at radius 1 is 1.30 bits per heavy atom. The predicted molar refractivity (Wildman–Crippen MR) is 83.4 cm³/mol. The Bertz CT molecular complexity index is 656. The summed E-state index contributed by atoms with van der Waals surface area (Å²) in [6, 6.07) is 11.2. The van der Waals surface area contributed by atoms with E-state index in [1.54, 1.807) is 6.07 Å². The maximum atomic E-state index is 12.6. The third kappa shape index (κ3) is 2.36. The number of hydrogen-bond acceptors (Lipinski definition) is 3. The van der Waals surface area contributed by atoms with Gasteiger partial charge in [0.1, 0.15) is 5.75 Å². The van der Waals surface area contributed by atoms with Crippen LogP contribution < -0.4 is 0 Å². The normalized spacial score (nSPS) is 19.2. The minimum absolute atomic E-state index is 0.0691. The molecule has 1 unspecified atom stereocenters. The first-order valence-corrected chi connectivity index (χ1v) is 7.83. The van der Waals surface area contributed by atoms with Crippen molar-refractivity contribution >= 4 is 28.4 Å². The lowest BCUT2D eigenvalue weighted by molar-refractivity contribution is 0.0760. The number of carbonyl (C=O) groups excluding carboxylic acids is 1. The zero-order valence-electron chi connectivity index (χ0n) is 11.4. The summed E-state index contributed by atoms with van der Waals surface area (Å²) in [4.78, 5) is 14.4. The van der Waals surface area contributed by atoms with Crippen LogP contribution in [0.3, 0.4) is 0 Å². The molecule has 1 N–H and O–H groups in total. The lowest BCUT2D eigenvalue weighted by Gasteiger charge is -2.30. The topological polar surface area (TPSA) is 40.5 Å². The van der Waals surface area contributed by atoms with Gasteiger partial charge in [-0.15, -0.1) is 0 Å². The van der Waals surface area contributed by atoms with Crippen molar-refractivity contribution in [2.75, 3.05) is 18.8 Å². The van der Waals surface area contributed by atoms with Crippen LogP contribution in [0.2, 0.25) is 0 Å². The van der Waals surface area contributed by atoms with Crippen LogP contribution in [0.25, 0.3) is 10.8 Å². The monoisotopic (exact) mass is 287 g/mol. The molecule has 1 aliphatic heterocycles. The summed E-state index contributed by atoms with van der Waals surface area (Å²) in [6.45, 7) is 3.63. The van der Waals surface area contributed by atoms with Crippen molar-refractivity contribution < 1.29 is 9.90 Å². The van der Waals surface area contributed by atoms with E-state index < -0.39 is 0 Å². The molecule has 2 aromatic carbocycles. The number of hydrogen-bond donors (Lipinski definition) is 1. The van der Waals surface area contributed by atoms with E-state index in [0.717, 1.165) is 29.6 Å². The molecular weight excluding hydrogens is 270 g/mol. The Labute approximate surface area is 122 Å². The second-order valence-electron chi connectivity index (χ2n) is 5.12. The van der Waals surface area contributed by atoms with E-state index in [0.29, 0.717) is 10.8 Å². The maximum absolute atomic E-state index is 12.6. The molecule has 0 aromatic heterocycles. The molecule has 0 radical (unpaired) electrons. The first kappa shape index (κ1) is 13.3. The Morgan fingerprint density at radius 3 is 2.90 bits per heavy atom. The van der Waals surface area contributed by atoms with Gasteiger partial charge in [0, 0.05) is 29.5 Å². The molecular formula is C16H17NO2S. The van der Waals surface area contributed by atoms with E-state index in [2.05, 4.69) is 6.92 Å². The van der Waals surface area contributed by atoms with Crippen LogP contribution in [0.15, 0.2) is 36.4 Å². The Morgan fingerprint density at radius 2 is 2.10 bits per heavy atom. The molecule has 1 fully saturated rings. The third-order valence-corrected chi connectivity index (χ3v) is 4.80. The Hall–Kier alpha value is -1.68. The fraction of sp³-hybridized carbons (Fsp3) is 0.312. The summed E-state index contributed by atoms with van der Waals surface area (Å²) in [5, 5.41) is 12.5. The van der Waals surface area contributed by atoms with Crippen molar-refractivity contribution in [1.29, 1.82) is 0 Å². The van der Waals surface area contributed by atoms with Gasteiger partial charge in [-0.25, -0.2) is 0 Å². The summed E-state index contributed by atoms with van der Waals surface area (Å²) < 4.78 is 0. The number of nitrogens with zero attached hydrogens (tertiary/aromatic N) is 1. The van der Waals surface area contributed by atoms with E-state index in [9.17, 15) is 9.90 Å². The van der Waals surface area contributed by atoms with Gasteiger partial charge in [0.2, 0.25) is 0 Å². The summed E-state index contributed by atoms with van der Waals surface area (Å²) in [7, 11) is 0. The number of benzene rings is 2. The first-order chi connectivity index (χ1) is 9.66. The maximum Gasteiger partial charge on any atom is 0.257 e. The van der Waals surface area contributed by atoms with Gasteiger partial charge < -0.3 is 10.0 Å². The molecule has 104 valence electrons. The molecule has 0 aliphatic carbocycles. The highest BCUT2D eigenvalue weighted by molar-refractivity contribution is 7.99. The smallest absolute Gasteiger partial charge is 0.257 e. The van der Waals surface area contributed by atoms with E-state index >= 15 is 0 Å². The van der Waals surface area contributed by atoms with E-state index in [1.165, 1.54) is 0 Å². The average molecular weight is 287 g/mol. The fourth-order valence-electron chi connectivity index (χ4n) is 2.60. The summed E-state index contributed by atoms with van der Waals surface area (Å²) >= 11 is 1.88. The number of phenols is 1. The molecule has 1 heterocycles. The molecule has 1 aliphatic rings. The van der Waals surface area contributed by atoms with Crippen LogP contribution in [-0.2, 0) is 0 Å². The van der Waals surface area contributed by atoms with Crippen LogP contribution in [0.4, 0.5) is 0 Å². The van der Waals surface area contributed by atoms with Gasteiger partial charge in [0.05, 0.1) is 5.56 Å². The van der Waals surface area contributed by atoms with E-state index in [1.807, 2.05) is 47.0 Å². The Kier molecular flexibility index (Phi) is 3.57. The second kappa shape index (κ2) is 5.37. The highest BCUT2D eigenvalue weighted by Gasteiger charge is 2.24. The molecule has 3 nitrogen and oxygen atoms in total. The molecule has 1 atom stereocenters. The second-order valence-corrected chi connectivity index (χ2v) is 6.66. The molecule has 0 spiro atoms. The van der Waals surface area contributed by atoms with Gasteiger partial charge in [0.15, 0.2) is 0 Å². The third-order valence-electron chi connectivity index (χ3n) is 3.66. The zero-order valence-corrected chi connectivity index (χ0v) is 12.2. The van der Waals surface area contributed by atoms with Crippen molar-refractivity contribution in [2.24, 2.45) is 0 Å². The van der Waals surface area contributed by atoms with Crippen LogP contribution in [0.5, 0.6) is 5.75 Å². The molecule has 2 aromatic rings. The molecule has 0 saturated carbocycles. The Balaban J connectivity index is 1.97. The lowest BCUT2D eigenvalue weighted by atomic mass is 10.0. The first-order valence-electron chi connectivity index (χ1n) is 6.78. The van der Waals surface area contributed by atoms with Gasteiger partial charge in [-0.2, -0.15) is 11.8 Å². The minimum atomic E-state index is -0.0691. The number of phenolic OH excluding ortho intramolecular Hbond substituents is 1. The van der Waals surface area contributed by atoms with E-state index in [4.69, 9.17) is 0 Å². The molecule has 3 rings (SSSR count). The fourth-order valence-corrected chi connectivity index (χ4v) is 3.61. The van der Waals surface area contributed by atoms with Crippen molar-refractivity contribution in [3.63, 3.8) is 0 Å². The summed E-state index contributed by atoms with van der Waals surface area (Å²) in [6.07, 6.45) is 0. The standard InChI is InChI=1S/C16H17NO2S/c1-11-10-17(8-9-20-11)16(19)14-7-6-12-4-2-3-5-13(12)15(14)18/h2-7,11,18H,8-10H2,1H3. The van der Waals surface area contributed by atoms with Gasteiger partial charge in [-0.05, 0) is 11.5 Å². The van der Waals surface area contributed by atoms with Crippen molar-refractivity contribution in [3.05, 3.63) is 42.0 Å². The molecule has 1 amide bonds. The highest BCUT2D eigenvalue weighted by Crippen LogP contribution is 2.30. The molecule has 20 heavy (non-hydrogen) atoms. The number of rotatable bonds is 1. The molecule has 1 saturated heterocycles.